The fourth-order valence-electron chi connectivity index (χ4n) is 9.77. The lowest BCUT2D eigenvalue weighted by Crippen LogP contribution is -2.60. The maximum atomic E-state index is 14.0. The summed E-state index contributed by atoms with van der Waals surface area (Å²) in [4.78, 5) is 26.6. The second kappa shape index (κ2) is 11.6. The Hall–Kier alpha value is -1.96. The molecule has 2 aliphatic heterocycles. The summed E-state index contributed by atoms with van der Waals surface area (Å²) in [6.45, 7) is 6.86. The third-order valence-corrected chi connectivity index (χ3v) is 12.5. The molecule has 0 bridgehead atoms. The van der Waals surface area contributed by atoms with Gasteiger partial charge in [0.15, 0.2) is 6.29 Å². The van der Waals surface area contributed by atoms with E-state index in [1.54, 1.807) is 13.8 Å². The Morgan fingerprint density at radius 3 is 2.47 bits per heavy atom. The van der Waals surface area contributed by atoms with E-state index in [0.29, 0.717) is 19.3 Å². The first-order valence-corrected chi connectivity index (χ1v) is 16.3. The van der Waals surface area contributed by atoms with Crippen LogP contribution in [-0.4, -0.2) is 104 Å². The van der Waals surface area contributed by atoms with Crippen LogP contribution in [0.15, 0.2) is 34.4 Å². The number of allylic oxidation sites excluding steroid dienone is 3. The standard InChI is InChI=1S/C34H48O11/c1-16-11-26(45-30(41)20(16)14-35)34(4,42)24-8-7-21-19-6-5-17-12-18(43-31-29(40)28(39)27(38)23(15-36)44-31)13-25(37)33(17,3)22(19)9-10-32(21,24)2/h7,12,18-19,22-24,26-29,31,35-36,38-40,42H,5-6,8-11,13-15H2,1-4H3/t18-,19+,22+,23-,24+,26-,27-,28+,29-,31-,32+,33+,34-/m1/s1. The lowest BCUT2D eigenvalue weighted by Gasteiger charge is -2.57. The summed E-state index contributed by atoms with van der Waals surface area (Å²) in [5.41, 5.74) is 0.966. The van der Waals surface area contributed by atoms with Gasteiger partial charge in [-0.15, -0.1) is 0 Å². The van der Waals surface area contributed by atoms with Gasteiger partial charge in [0.05, 0.1) is 30.3 Å². The molecule has 0 aromatic carbocycles. The molecule has 11 nitrogen and oxygen atoms in total. The van der Waals surface area contributed by atoms with E-state index in [1.807, 2.05) is 13.0 Å². The van der Waals surface area contributed by atoms with Gasteiger partial charge in [-0.25, -0.2) is 4.79 Å². The third-order valence-electron chi connectivity index (χ3n) is 12.5. The molecule has 0 radical (unpaired) electrons. The van der Waals surface area contributed by atoms with Gasteiger partial charge >= 0.3 is 5.97 Å². The first-order valence-electron chi connectivity index (χ1n) is 16.3. The van der Waals surface area contributed by atoms with Crippen LogP contribution < -0.4 is 0 Å². The van der Waals surface area contributed by atoms with Crippen LogP contribution in [0.2, 0.25) is 0 Å². The number of hydrogen-bond donors (Lipinski definition) is 6. The fraction of sp³-hybridized carbons (Fsp3) is 0.765. The molecule has 6 rings (SSSR count). The van der Waals surface area contributed by atoms with Gasteiger partial charge in [0, 0.05) is 18.8 Å². The number of ether oxygens (including phenoxy) is 3. The van der Waals surface area contributed by atoms with Crippen molar-refractivity contribution >= 4 is 11.8 Å². The first-order chi connectivity index (χ1) is 21.2. The van der Waals surface area contributed by atoms with Crippen LogP contribution >= 0.6 is 0 Å². The SMILES string of the molecule is CC1=C(CO)C(=O)O[C@@H]([C@](C)(O)[C@H]2CC=C3[C@@H]4CCC5=C[C@@H](O[C@@H]6O[C@H](CO)[C@@H](O)[C@H](O)[C@H]6O)CC(=O)[C@]5(C)[C@H]4CC[C@@]32C)C1. The number of aliphatic hydroxyl groups excluding tert-OH is 5. The van der Waals surface area contributed by atoms with Gasteiger partial charge in [0.25, 0.3) is 0 Å². The van der Waals surface area contributed by atoms with Gasteiger partial charge in [0.2, 0.25) is 0 Å². The van der Waals surface area contributed by atoms with Crippen molar-refractivity contribution in [3.05, 3.63) is 34.4 Å². The number of ketones is 1. The molecule has 2 saturated carbocycles. The first kappa shape index (κ1) is 33.0. The van der Waals surface area contributed by atoms with E-state index in [0.717, 1.165) is 30.4 Å². The van der Waals surface area contributed by atoms with Crippen LogP contribution in [0.25, 0.3) is 0 Å². The predicted molar refractivity (Wildman–Crippen MR) is 159 cm³/mol. The van der Waals surface area contributed by atoms with Crippen molar-refractivity contribution in [1.29, 1.82) is 0 Å². The maximum Gasteiger partial charge on any atom is 0.336 e. The van der Waals surface area contributed by atoms with Gasteiger partial charge < -0.3 is 44.8 Å². The Morgan fingerprint density at radius 1 is 1.07 bits per heavy atom. The van der Waals surface area contributed by atoms with E-state index in [4.69, 9.17) is 14.2 Å². The lowest BCUT2D eigenvalue weighted by molar-refractivity contribution is -0.307. The minimum absolute atomic E-state index is 0.0473. The number of rotatable bonds is 6. The van der Waals surface area contributed by atoms with E-state index in [-0.39, 0.29) is 47.6 Å². The van der Waals surface area contributed by atoms with Crippen LogP contribution in [0.3, 0.4) is 0 Å². The highest BCUT2D eigenvalue weighted by Gasteiger charge is 2.62. The summed E-state index contributed by atoms with van der Waals surface area (Å²) in [6.07, 6.45) is -0.00000628. The summed E-state index contributed by atoms with van der Waals surface area (Å²) < 4.78 is 17.2. The highest BCUT2D eigenvalue weighted by molar-refractivity contribution is 5.91. The molecule has 1 saturated heterocycles. The number of cyclic esters (lactones) is 1. The molecule has 2 heterocycles. The smallest absolute Gasteiger partial charge is 0.336 e. The molecule has 0 aromatic heterocycles. The number of carbonyl (C=O) groups is 2. The molecule has 250 valence electrons. The molecular formula is C34H48O11. The van der Waals surface area contributed by atoms with Crippen molar-refractivity contribution < 1.29 is 54.4 Å². The van der Waals surface area contributed by atoms with Crippen molar-refractivity contribution in [2.75, 3.05) is 13.2 Å². The van der Waals surface area contributed by atoms with Crippen LogP contribution in [0, 0.1) is 28.6 Å². The second-order valence-electron chi connectivity index (χ2n) is 14.8. The normalized spacial score (nSPS) is 46.4. The minimum Gasteiger partial charge on any atom is -0.456 e. The van der Waals surface area contributed by atoms with Crippen molar-refractivity contribution in [3.8, 4) is 0 Å². The van der Waals surface area contributed by atoms with Crippen molar-refractivity contribution in [1.82, 2.24) is 0 Å². The van der Waals surface area contributed by atoms with Gasteiger partial charge in [-0.2, -0.15) is 0 Å². The molecule has 13 atom stereocenters. The zero-order valence-electron chi connectivity index (χ0n) is 26.5. The number of aliphatic hydroxyl groups is 6. The summed E-state index contributed by atoms with van der Waals surface area (Å²) >= 11 is 0. The molecule has 4 aliphatic carbocycles. The Labute approximate surface area is 263 Å². The summed E-state index contributed by atoms with van der Waals surface area (Å²) in [7, 11) is 0. The lowest BCUT2D eigenvalue weighted by atomic mass is 9.47. The second-order valence-corrected chi connectivity index (χ2v) is 14.8. The molecular weight excluding hydrogens is 584 g/mol. The number of Topliss-reactive ketones (excluding diaryl/α,β-unsaturated/α-hetero) is 1. The van der Waals surface area contributed by atoms with Crippen molar-refractivity contribution in [2.24, 2.45) is 28.6 Å². The van der Waals surface area contributed by atoms with E-state index in [1.165, 1.54) is 5.57 Å². The number of hydrogen-bond acceptors (Lipinski definition) is 11. The third kappa shape index (κ3) is 5.01. The maximum absolute atomic E-state index is 14.0. The zero-order valence-corrected chi connectivity index (χ0v) is 26.5. The Bertz CT molecular complexity index is 1310. The van der Waals surface area contributed by atoms with E-state index >= 15 is 0 Å². The Balaban J connectivity index is 1.20. The largest absolute Gasteiger partial charge is 0.456 e. The van der Waals surface area contributed by atoms with Gasteiger partial charge in [-0.1, -0.05) is 35.8 Å². The monoisotopic (exact) mass is 632 g/mol. The Morgan fingerprint density at radius 2 is 1.80 bits per heavy atom. The average molecular weight is 633 g/mol. The number of carbonyl (C=O) groups excluding carboxylic acids is 2. The Kier molecular flexibility index (Phi) is 8.52. The van der Waals surface area contributed by atoms with Gasteiger partial charge in [-0.05, 0) is 70.1 Å². The summed E-state index contributed by atoms with van der Waals surface area (Å²) in [6, 6.07) is 0. The summed E-state index contributed by atoms with van der Waals surface area (Å²) in [5, 5.41) is 61.9. The van der Waals surface area contributed by atoms with E-state index < -0.39 is 66.5 Å². The van der Waals surface area contributed by atoms with Crippen molar-refractivity contribution in [2.45, 2.75) is 121 Å². The predicted octanol–water partition coefficient (Wildman–Crippen LogP) is 1.22. The molecule has 6 aliphatic rings. The number of esters is 1. The zero-order chi connectivity index (χ0) is 32.6. The van der Waals surface area contributed by atoms with Crippen LogP contribution in [0.4, 0.5) is 0 Å². The van der Waals surface area contributed by atoms with Crippen molar-refractivity contribution in [3.63, 3.8) is 0 Å². The topological polar surface area (TPSA) is 183 Å². The van der Waals surface area contributed by atoms with Gasteiger partial charge in [-0.3, -0.25) is 4.79 Å². The molecule has 0 amide bonds. The van der Waals surface area contributed by atoms with Crippen LogP contribution in [-0.2, 0) is 23.8 Å². The molecule has 45 heavy (non-hydrogen) atoms. The number of fused-ring (bicyclic) bond motifs is 5. The van der Waals surface area contributed by atoms with E-state index in [9.17, 15) is 40.2 Å². The van der Waals surface area contributed by atoms with E-state index in [2.05, 4.69) is 13.0 Å². The molecule has 0 spiro atoms. The molecule has 6 N–H and O–H groups in total. The van der Waals surface area contributed by atoms with Crippen LogP contribution in [0.5, 0.6) is 0 Å². The quantitative estimate of drug-likeness (QED) is 0.183. The summed E-state index contributed by atoms with van der Waals surface area (Å²) in [5.74, 6) is -0.465. The average Bonchev–Trinajstić information content (AvgIpc) is 3.36. The molecule has 3 fully saturated rings. The highest BCUT2D eigenvalue weighted by Crippen LogP contribution is 2.66. The fourth-order valence-corrected chi connectivity index (χ4v) is 9.77. The van der Waals surface area contributed by atoms with Gasteiger partial charge in [0.1, 0.15) is 41.9 Å². The highest BCUT2D eigenvalue weighted by atomic mass is 16.7. The minimum atomic E-state index is -1.56. The molecule has 0 aromatic rings. The molecule has 0 unspecified atom stereocenters. The van der Waals surface area contributed by atoms with Crippen LogP contribution in [0.1, 0.15) is 72.6 Å². The molecule has 11 heteroatoms.